The van der Waals surface area contributed by atoms with Crippen LogP contribution in [0, 0.1) is 0 Å². The minimum atomic E-state index is 0.0340. The van der Waals surface area contributed by atoms with E-state index in [0.717, 1.165) is 12.1 Å². The van der Waals surface area contributed by atoms with E-state index < -0.39 is 0 Å². The monoisotopic (exact) mass is 233 g/mol. The van der Waals surface area contributed by atoms with Crippen molar-refractivity contribution in [2.75, 3.05) is 5.73 Å². The van der Waals surface area contributed by atoms with Gasteiger partial charge in [0, 0.05) is 18.3 Å². The SMILES string of the molecule is CCn1cc(COc2cccc(O)c2N)cn1. The van der Waals surface area contributed by atoms with Gasteiger partial charge in [-0.25, -0.2) is 0 Å². The fourth-order valence-electron chi connectivity index (χ4n) is 1.47. The van der Waals surface area contributed by atoms with Crippen LogP contribution < -0.4 is 10.5 Å². The van der Waals surface area contributed by atoms with Gasteiger partial charge in [-0.3, -0.25) is 4.68 Å². The number of phenolic OH excluding ortho intramolecular Hbond substituents is 1. The van der Waals surface area contributed by atoms with Crippen LogP contribution in [0.1, 0.15) is 12.5 Å². The van der Waals surface area contributed by atoms with Crippen LogP contribution in [-0.4, -0.2) is 14.9 Å². The van der Waals surface area contributed by atoms with E-state index in [4.69, 9.17) is 10.5 Å². The van der Waals surface area contributed by atoms with Crippen molar-refractivity contribution >= 4 is 5.69 Å². The second-order valence-electron chi connectivity index (χ2n) is 3.68. The van der Waals surface area contributed by atoms with Crippen LogP contribution >= 0.6 is 0 Å². The zero-order valence-corrected chi connectivity index (χ0v) is 9.63. The number of nitrogens with two attached hydrogens (primary N) is 1. The van der Waals surface area contributed by atoms with Gasteiger partial charge in [-0.15, -0.1) is 0 Å². The Hall–Kier alpha value is -2.17. The molecule has 17 heavy (non-hydrogen) atoms. The number of anilines is 1. The van der Waals surface area contributed by atoms with Crippen LogP contribution in [0.15, 0.2) is 30.6 Å². The van der Waals surface area contributed by atoms with Gasteiger partial charge in [0.1, 0.15) is 23.8 Å². The molecule has 0 fully saturated rings. The summed E-state index contributed by atoms with van der Waals surface area (Å²) in [4.78, 5) is 0. The van der Waals surface area contributed by atoms with Crippen molar-refractivity contribution in [1.29, 1.82) is 0 Å². The summed E-state index contributed by atoms with van der Waals surface area (Å²) in [5.74, 6) is 0.515. The summed E-state index contributed by atoms with van der Waals surface area (Å²) in [5.41, 5.74) is 6.91. The number of nitrogen functional groups attached to an aromatic ring is 1. The molecule has 90 valence electrons. The predicted molar refractivity (Wildman–Crippen MR) is 64.8 cm³/mol. The van der Waals surface area contributed by atoms with Crippen LogP contribution in [0.3, 0.4) is 0 Å². The van der Waals surface area contributed by atoms with Gasteiger partial charge in [0.25, 0.3) is 0 Å². The fourth-order valence-corrected chi connectivity index (χ4v) is 1.47. The Labute approximate surface area is 99.4 Å². The Morgan fingerprint density at radius 3 is 3.00 bits per heavy atom. The molecule has 0 radical (unpaired) electrons. The topological polar surface area (TPSA) is 73.3 Å². The van der Waals surface area contributed by atoms with Crippen LogP contribution in [0.4, 0.5) is 5.69 Å². The normalized spacial score (nSPS) is 10.4. The third-order valence-corrected chi connectivity index (χ3v) is 2.45. The van der Waals surface area contributed by atoms with Crippen LogP contribution in [0.2, 0.25) is 0 Å². The lowest BCUT2D eigenvalue weighted by Crippen LogP contribution is -1.98. The van der Waals surface area contributed by atoms with E-state index in [-0.39, 0.29) is 11.4 Å². The van der Waals surface area contributed by atoms with Crippen molar-refractivity contribution in [1.82, 2.24) is 9.78 Å². The molecule has 0 aliphatic carbocycles. The first kappa shape index (κ1) is 11.3. The number of aromatic hydroxyl groups is 1. The maximum atomic E-state index is 9.42. The largest absolute Gasteiger partial charge is 0.506 e. The fraction of sp³-hybridized carbons (Fsp3) is 0.250. The van der Waals surface area contributed by atoms with E-state index in [9.17, 15) is 5.11 Å². The highest BCUT2D eigenvalue weighted by Gasteiger charge is 2.05. The minimum Gasteiger partial charge on any atom is -0.506 e. The summed E-state index contributed by atoms with van der Waals surface area (Å²) in [7, 11) is 0. The van der Waals surface area contributed by atoms with Crippen LogP contribution in [-0.2, 0) is 13.2 Å². The number of nitrogens with zero attached hydrogens (tertiary/aromatic N) is 2. The molecular weight excluding hydrogens is 218 g/mol. The van der Waals surface area contributed by atoms with E-state index >= 15 is 0 Å². The highest BCUT2D eigenvalue weighted by atomic mass is 16.5. The Morgan fingerprint density at radius 2 is 2.29 bits per heavy atom. The second kappa shape index (κ2) is 4.78. The van der Waals surface area contributed by atoms with Crippen LogP contribution in [0.25, 0.3) is 0 Å². The van der Waals surface area contributed by atoms with Crippen molar-refractivity contribution in [3.8, 4) is 11.5 Å². The van der Waals surface area contributed by atoms with Gasteiger partial charge in [0.2, 0.25) is 0 Å². The minimum absolute atomic E-state index is 0.0340. The second-order valence-corrected chi connectivity index (χ2v) is 3.68. The molecule has 0 saturated heterocycles. The predicted octanol–water partition coefficient (Wildman–Crippen LogP) is 1.77. The molecule has 0 aliphatic rings. The van der Waals surface area contributed by atoms with Crippen molar-refractivity contribution < 1.29 is 9.84 Å². The summed E-state index contributed by atoms with van der Waals surface area (Å²) in [6.45, 7) is 3.23. The third-order valence-electron chi connectivity index (χ3n) is 2.45. The molecule has 5 heteroatoms. The van der Waals surface area contributed by atoms with Crippen molar-refractivity contribution in [3.63, 3.8) is 0 Å². The summed E-state index contributed by atoms with van der Waals surface area (Å²) in [6.07, 6.45) is 3.67. The number of aryl methyl sites for hydroxylation is 1. The zero-order valence-electron chi connectivity index (χ0n) is 9.63. The molecule has 0 unspecified atom stereocenters. The smallest absolute Gasteiger partial charge is 0.146 e. The maximum absolute atomic E-state index is 9.42. The number of hydrogen-bond acceptors (Lipinski definition) is 4. The molecule has 0 aliphatic heterocycles. The van der Waals surface area contributed by atoms with Gasteiger partial charge in [-0.05, 0) is 19.1 Å². The first-order chi connectivity index (χ1) is 8.20. The molecule has 0 atom stereocenters. The highest BCUT2D eigenvalue weighted by Crippen LogP contribution is 2.30. The molecular formula is C12H15N3O2. The van der Waals surface area contributed by atoms with Crippen molar-refractivity contribution in [2.45, 2.75) is 20.1 Å². The molecule has 2 rings (SSSR count). The summed E-state index contributed by atoms with van der Waals surface area (Å²) in [5, 5.41) is 13.6. The molecule has 0 bridgehead atoms. The molecule has 0 saturated carbocycles. The van der Waals surface area contributed by atoms with Gasteiger partial charge >= 0.3 is 0 Å². The van der Waals surface area contributed by atoms with Gasteiger partial charge in [-0.1, -0.05) is 6.07 Å². The number of hydrogen-bond donors (Lipinski definition) is 2. The number of ether oxygens (including phenoxy) is 1. The Bertz CT molecular complexity index is 508. The maximum Gasteiger partial charge on any atom is 0.146 e. The van der Waals surface area contributed by atoms with Gasteiger partial charge in [0.05, 0.1) is 6.20 Å². The lowest BCUT2D eigenvalue weighted by Gasteiger charge is -2.08. The number of rotatable bonds is 4. The molecule has 1 heterocycles. The third kappa shape index (κ3) is 2.50. The molecule has 0 amide bonds. The summed E-state index contributed by atoms with van der Waals surface area (Å²) >= 11 is 0. The molecule has 5 nitrogen and oxygen atoms in total. The van der Waals surface area contributed by atoms with Gasteiger partial charge in [0.15, 0.2) is 0 Å². The molecule has 1 aromatic carbocycles. The van der Waals surface area contributed by atoms with E-state index in [1.807, 2.05) is 17.8 Å². The molecule has 3 N–H and O–H groups in total. The molecule has 0 spiro atoms. The van der Waals surface area contributed by atoms with Gasteiger partial charge < -0.3 is 15.6 Å². The van der Waals surface area contributed by atoms with Gasteiger partial charge in [-0.2, -0.15) is 5.10 Å². The lowest BCUT2D eigenvalue weighted by atomic mass is 10.3. The average molecular weight is 233 g/mol. The Balaban J connectivity index is 2.04. The first-order valence-electron chi connectivity index (χ1n) is 5.42. The number of benzene rings is 1. The first-order valence-corrected chi connectivity index (χ1v) is 5.42. The molecule has 2 aromatic rings. The summed E-state index contributed by atoms with van der Waals surface area (Å²) in [6, 6.07) is 4.94. The van der Waals surface area contributed by atoms with Crippen molar-refractivity contribution in [2.24, 2.45) is 0 Å². The van der Waals surface area contributed by atoms with E-state index in [1.54, 1.807) is 18.3 Å². The van der Waals surface area contributed by atoms with E-state index in [2.05, 4.69) is 5.10 Å². The molecule has 1 aromatic heterocycles. The lowest BCUT2D eigenvalue weighted by molar-refractivity contribution is 0.306. The quantitative estimate of drug-likeness (QED) is 0.623. The summed E-state index contributed by atoms with van der Waals surface area (Å²) < 4.78 is 7.35. The van der Waals surface area contributed by atoms with Crippen LogP contribution in [0.5, 0.6) is 11.5 Å². The number of aromatic nitrogens is 2. The zero-order chi connectivity index (χ0) is 12.3. The highest BCUT2D eigenvalue weighted by molar-refractivity contribution is 5.61. The Kier molecular flexibility index (Phi) is 3.18. The number of phenols is 1. The van der Waals surface area contributed by atoms with Crippen molar-refractivity contribution in [3.05, 3.63) is 36.2 Å². The van der Waals surface area contributed by atoms with E-state index in [1.165, 1.54) is 6.07 Å². The Morgan fingerprint density at radius 1 is 1.47 bits per heavy atom. The average Bonchev–Trinajstić information content (AvgIpc) is 2.79. The van der Waals surface area contributed by atoms with E-state index in [0.29, 0.717) is 12.4 Å². The standard InChI is InChI=1S/C12H15N3O2/c1-2-15-7-9(6-14-15)8-17-11-5-3-4-10(16)12(11)13/h3-7,16H,2,8,13H2,1H3. The number of para-hydroxylation sites is 1.